The topological polar surface area (TPSA) is 40.5 Å². The highest BCUT2D eigenvalue weighted by Gasteiger charge is 2.54. The lowest BCUT2D eigenvalue weighted by Gasteiger charge is -2.32. The minimum absolute atomic E-state index is 0.00375. The van der Waals surface area contributed by atoms with Crippen LogP contribution < -0.4 is 0 Å². The van der Waals surface area contributed by atoms with Crippen molar-refractivity contribution in [2.75, 3.05) is 0 Å². The van der Waals surface area contributed by atoms with Gasteiger partial charge in [-0.15, -0.1) is 0 Å². The third kappa shape index (κ3) is 2.94. The average Bonchev–Trinajstić information content (AvgIpc) is 2.28. The molecule has 0 aliphatic carbocycles. The predicted octanol–water partition coefficient (Wildman–Crippen LogP) is 3.84. The lowest BCUT2D eigenvalue weighted by Crippen LogP contribution is -2.42. The van der Waals surface area contributed by atoms with Gasteiger partial charge in [0, 0.05) is 0 Å². The molecule has 0 saturated carbocycles. The van der Waals surface area contributed by atoms with E-state index in [1.807, 2.05) is 0 Å². The van der Waals surface area contributed by atoms with Crippen LogP contribution in [0.2, 0.25) is 0 Å². The van der Waals surface area contributed by atoms with Crippen molar-refractivity contribution in [2.45, 2.75) is 51.2 Å². The second kappa shape index (κ2) is 5.13. The first-order chi connectivity index (χ1) is 9.53. The molecule has 0 heterocycles. The zero-order chi connectivity index (χ0) is 17.7. The lowest BCUT2D eigenvalue weighted by molar-refractivity contribution is -0.261. The van der Waals surface area contributed by atoms with E-state index in [0.29, 0.717) is 19.9 Å². The molecule has 8 heteroatoms. The molecular formula is C14H16F6O2. The van der Waals surface area contributed by atoms with Crippen LogP contribution in [0.25, 0.3) is 0 Å². The van der Waals surface area contributed by atoms with Crippen molar-refractivity contribution in [3.8, 4) is 0 Å². The maximum atomic E-state index is 13.0. The number of rotatable bonds is 2. The fourth-order valence-electron chi connectivity index (χ4n) is 1.96. The van der Waals surface area contributed by atoms with Gasteiger partial charge in [0.05, 0.1) is 0 Å². The molecule has 0 bridgehead atoms. The van der Waals surface area contributed by atoms with Crippen molar-refractivity contribution in [1.29, 1.82) is 0 Å². The van der Waals surface area contributed by atoms with Crippen molar-refractivity contribution < 1.29 is 36.6 Å². The summed E-state index contributed by atoms with van der Waals surface area (Å²) >= 11 is 0. The van der Waals surface area contributed by atoms with E-state index in [-0.39, 0.29) is 11.1 Å². The molecule has 0 saturated heterocycles. The highest BCUT2D eigenvalue weighted by atomic mass is 19.4. The number of alkyl halides is 6. The minimum Gasteiger partial charge on any atom is -0.376 e. The summed E-state index contributed by atoms with van der Waals surface area (Å²) in [6.45, 7) is 3.47. The average molecular weight is 330 g/mol. The Hall–Kier alpha value is -1.28. The predicted molar refractivity (Wildman–Crippen MR) is 67.2 cm³/mol. The number of benzene rings is 1. The molecule has 2 N–H and O–H groups in total. The summed E-state index contributed by atoms with van der Waals surface area (Å²) in [4.78, 5) is 0. The SMILES string of the molecule is Cc1cc(C(C)(O)C(F)(F)F)cc(C(C)(O)C(F)(F)F)c1C. The number of halogens is 6. The Labute approximate surface area is 123 Å². The molecule has 0 fully saturated rings. The first-order valence-electron chi connectivity index (χ1n) is 6.24. The Bertz CT molecular complexity index is 570. The van der Waals surface area contributed by atoms with E-state index in [2.05, 4.69) is 0 Å². The van der Waals surface area contributed by atoms with E-state index in [1.165, 1.54) is 13.8 Å². The smallest absolute Gasteiger partial charge is 0.376 e. The zero-order valence-corrected chi connectivity index (χ0v) is 12.3. The fourth-order valence-corrected chi connectivity index (χ4v) is 1.96. The Morgan fingerprint density at radius 2 is 1.18 bits per heavy atom. The van der Waals surface area contributed by atoms with Crippen LogP contribution in [0.1, 0.15) is 36.1 Å². The molecule has 0 radical (unpaired) electrons. The van der Waals surface area contributed by atoms with E-state index in [4.69, 9.17) is 0 Å². The summed E-state index contributed by atoms with van der Waals surface area (Å²) in [5.41, 5.74) is -8.05. The van der Waals surface area contributed by atoms with Gasteiger partial charge < -0.3 is 10.2 Å². The first-order valence-corrected chi connectivity index (χ1v) is 6.24. The molecule has 0 aromatic heterocycles. The molecule has 0 amide bonds. The maximum absolute atomic E-state index is 13.0. The third-order valence-electron chi connectivity index (χ3n) is 3.86. The molecular weight excluding hydrogens is 314 g/mol. The van der Waals surface area contributed by atoms with Crippen LogP contribution in [-0.2, 0) is 11.2 Å². The van der Waals surface area contributed by atoms with Crippen LogP contribution in [0.5, 0.6) is 0 Å². The number of aryl methyl sites for hydroxylation is 1. The molecule has 22 heavy (non-hydrogen) atoms. The van der Waals surface area contributed by atoms with Crippen molar-refractivity contribution in [3.63, 3.8) is 0 Å². The van der Waals surface area contributed by atoms with Crippen LogP contribution in [-0.4, -0.2) is 22.6 Å². The molecule has 0 aliphatic heterocycles. The fraction of sp³-hybridized carbons (Fsp3) is 0.571. The summed E-state index contributed by atoms with van der Waals surface area (Å²) in [6.07, 6.45) is -10.1. The van der Waals surface area contributed by atoms with Gasteiger partial charge in [-0.25, -0.2) is 0 Å². The van der Waals surface area contributed by atoms with Crippen molar-refractivity contribution in [1.82, 2.24) is 0 Å². The van der Waals surface area contributed by atoms with E-state index in [1.54, 1.807) is 0 Å². The first kappa shape index (κ1) is 18.8. The largest absolute Gasteiger partial charge is 0.421 e. The molecule has 126 valence electrons. The summed E-state index contributed by atoms with van der Waals surface area (Å²) in [5, 5.41) is 19.4. The highest BCUT2D eigenvalue weighted by Crippen LogP contribution is 2.44. The monoisotopic (exact) mass is 330 g/mol. The quantitative estimate of drug-likeness (QED) is 0.809. The van der Waals surface area contributed by atoms with Crippen molar-refractivity contribution >= 4 is 0 Å². The third-order valence-corrected chi connectivity index (χ3v) is 3.86. The summed E-state index contributed by atoms with van der Waals surface area (Å²) in [5.74, 6) is 0. The van der Waals surface area contributed by atoms with Crippen molar-refractivity contribution in [2.24, 2.45) is 0 Å². The van der Waals surface area contributed by atoms with Gasteiger partial charge in [0.15, 0.2) is 11.2 Å². The molecule has 1 aromatic rings. The van der Waals surface area contributed by atoms with Gasteiger partial charge in [0.25, 0.3) is 0 Å². The normalized spacial score (nSPS) is 18.7. The Kier molecular flexibility index (Phi) is 4.37. The van der Waals surface area contributed by atoms with Gasteiger partial charge >= 0.3 is 12.4 Å². The molecule has 1 rings (SSSR count). The van der Waals surface area contributed by atoms with Crippen LogP contribution in [0.15, 0.2) is 12.1 Å². The molecule has 0 aliphatic rings. The summed E-state index contributed by atoms with van der Waals surface area (Å²) in [7, 11) is 0. The van der Waals surface area contributed by atoms with Gasteiger partial charge in [-0.05, 0) is 56.0 Å². The Balaban J connectivity index is 3.65. The molecule has 1 aromatic carbocycles. The van der Waals surface area contributed by atoms with Gasteiger partial charge in [0.2, 0.25) is 0 Å². The minimum atomic E-state index is -5.08. The Morgan fingerprint density at radius 1 is 0.773 bits per heavy atom. The van der Waals surface area contributed by atoms with Crippen molar-refractivity contribution in [3.05, 3.63) is 34.4 Å². The van der Waals surface area contributed by atoms with E-state index in [9.17, 15) is 36.6 Å². The summed E-state index contributed by atoms with van der Waals surface area (Å²) in [6, 6.07) is 1.50. The molecule has 0 spiro atoms. The summed E-state index contributed by atoms with van der Waals surface area (Å²) < 4.78 is 77.5. The second-order valence-electron chi connectivity index (χ2n) is 5.61. The van der Waals surface area contributed by atoms with Gasteiger partial charge in [-0.1, -0.05) is 6.07 Å². The number of hydrogen-bond acceptors (Lipinski definition) is 2. The lowest BCUT2D eigenvalue weighted by atomic mass is 9.83. The van der Waals surface area contributed by atoms with Crippen LogP contribution >= 0.6 is 0 Å². The van der Waals surface area contributed by atoms with Gasteiger partial charge in [0.1, 0.15) is 0 Å². The standard InChI is InChI=1S/C14H16F6O2/c1-7-5-9(11(3,21)13(15,16)17)6-10(8(7)2)12(4,22)14(18,19)20/h5-6,21-22H,1-4H3. The molecule has 2 atom stereocenters. The van der Waals surface area contributed by atoms with Gasteiger partial charge in [-0.2, -0.15) is 26.3 Å². The number of aliphatic hydroxyl groups is 2. The second-order valence-corrected chi connectivity index (χ2v) is 5.61. The van der Waals surface area contributed by atoms with E-state index >= 15 is 0 Å². The van der Waals surface area contributed by atoms with Crippen LogP contribution in [0.3, 0.4) is 0 Å². The molecule has 2 unspecified atom stereocenters. The zero-order valence-electron chi connectivity index (χ0n) is 12.3. The Morgan fingerprint density at radius 3 is 1.55 bits per heavy atom. The van der Waals surface area contributed by atoms with E-state index < -0.39 is 34.7 Å². The van der Waals surface area contributed by atoms with E-state index in [0.717, 1.165) is 6.07 Å². The molecule has 2 nitrogen and oxygen atoms in total. The van der Waals surface area contributed by atoms with Crippen LogP contribution in [0, 0.1) is 13.8 Å². The van der Waals surface area contributed by atoms with Gasteiger partial charge in [-0.3, -0.25) is 0 Å². The van der Waals surface area contributed by atoms with Crippen LogP contribution in [0.4, 0.5) is 26.3 Å². The highest BCUT2D eigenvalue weighted by molar-refractivity contribution is 5.43. The number of hydrogen-bond donors (Lipinski definition) is 2. The maximum Gasteiger partial charge on any atom is 0.421 e.